The van der Waals surface area contributed by atoms with E-state index in [1.165, 1.54) is 12.1 Å². The summed E-state index contributed by atoms with van der Waals surface area (Å²) in [6.45, 7) is 3.70. The van der Waals surface area contributed by atoms with Crippen LogP contribution in [0.4, 0.5) is 22.0 Å². The van der Waals surface area contributed by atoms with Crippen molar-refractivity contribution in [1.29, 1.82) is 0 Å². The van der Waals surface area contributed by atoms with Crippen molar-refractivity contribution in [3.8, 4) is 0 Å². The quantitative estimate of drug-likeness (QED) is 0.816. The largest absolute Gasteiger partial charge is 0.458 e. The highest BCUT2D eigenvalue weighted by Crippen LogP contribution is 2.60. The maximum Gasteiger partial charge on any atom is 0.458 e. The highest BCUT2D eigenvalue weighted by molar-refractivity contribution is 5.39. The Balaban J connectivity index is 2.42. The lowest BCUT2D eigenvalue weighted by Gasteiger charge is -2.22. The van der Waals surface area contributed by atoms with E-state index in [0.717, 1.165) is 12.1 Å². The third kappa shape index (κ3) is 2.02. The van der Waals surface area contributed by atoms with Gasteiger partial charge in [0.2, 0.25) is 0 Å². The number of alkyl halides is 5. The Labute approximate surface area is 107 Å². The van der Waals surface area contributed by atoms with Gasteiger partial charge in [-0.2, -0.15) is 22.0 Å². The average molecular weight is 279 g/mol. The van der Waals surface area contributed by atoms with Crippen LogP contribution in [0.3, 0.4) is 0 Å². The zero-order valence-corrected chi connectivity index (χ0v) is 10.5. The van der Waals surface area contributed by atoms with Crippen LogP contribution in [0.15, 0.2) is 24.3 Å². The molecule has 1 atom stereocenters. The Kier molecular flexibility index (Phi) is 2.76. The molecule has 0 saturated heterocycles. The van der Waals surface area contributed by atoms with Gasteiger partial charge in [-0.15, -0.1) is 0 Å². The number of hydrogen-bond acceptors (Lipinski definition) is 1. The zero-order chi connectivity index (χ0) is 14.7. The van der Waals surface area contributed by atoms with Crippen LogP contribution in [-0.4, -0.2) is 6.18 Å². The molecule has 0 radical (unpaired) electrons. The molecule has 0 spiro atoms. The van der Waals surface area contributed by atoms with E-state index in [-0.39, 0.29) is 5.41 Å². The van der Waals surface area contributed by atoms with E-state index in [1.54, 1.807) is 0 Å². The van der Waals surface area contributed by atoms with E-state index in [4.69, 9.17) is 5.73 Å². The van der Waals surface area contributed by atoms with Crippen molar-refractivity contribution >= 4 is 0 Å². The molecule has 1 aliphatic rings. The van der Waals surface area contributed by atoms with Gasteiger partial charge >= 0.3 is 12.1 Å². The second-order valence-corrected chi connectivity index (χ2v) is 5.68. The Morgan fingerprint density at radius 2 is 1.63 bits per heavy atom. The Morgan fingerprint density at radius 3 is 2.05 bits per heavy atom. The minimum Gasteiger partial charge on any atom is -0.321 e. The Hall–Kier alpha value is -1.17. The van der Waals surface area contributed by atoms with Crippen LogP contribution in [0.25, 0.3) is 0 Å². The van der Waals surface area contributed by atoms with Crippen molar-refractivity contribution in [3.05, 3.63) is 35.4 Å². The van der Waals surface area contributed by atoms with Crippen molar-refractivity contribution in [3.63, 3.8) is 0 Å². The van der Waals surface area contributed by atoms with Crippen LogP contribution in [0, 0.1) is 5.41 Å². The van der Waals surface area contributed by atoms with Gasteiger partial charge < -0.3 is 5.73 Å². The summed E-state index contributed by atoms with van der Waals surface area (Å²) in [6.07, 6.45) is -5.05. The van der Waals surface area contributed by atoms with Gasteiger partial charge in [0.25, 0.3) is 0 Å². The van der Waals surface area contributed by atoms with Gasteiger partial charge in [0.05, 0.1) is 0 Å². The molecule has 1 aliphatic carbocycles. The van der Waals surface area contributed by atoms with Gasteiger partial charge in [-0.25, -0.2) is 0 Å². The molecule has 106 valence electrons. The molecule has 1 aromatic rings. The molecule has 19 heavy (non-hydrogen) atoms. The fraction of sp³-hybridized carbons (Fsp3) is 0.538. The first kappa shape index (κ1) is 14.2. The third-order valence-electron chi connectivity index (χ3n) is 3.90. The summed E-state index contributed by atoms with van der Waals surface area (Å²) in [5.41, 5.74) is 4.17. The first-order valence-corrected chi connectivity index (χ1v) is 5.76. The van der Waals surface area contributed by atoms with Crippen LogP contribution in [-0.2, 0) is 11.5 Å². The zero-order valence-electron chi connectivity index (χ0n) is 10.5. The van der Waals surface area contributed by atoms with Crippen LogP contribution in [0.5, 0.6) is 0 Å². The second-order valence-electron chi connectivity index (χ2n) is 5.68. The highest BCUT2D eigenvalue weighted by Gasteiger charge is 2.61. The standard InChI is InChI=1S/C13H14F5N/c1-10(2)7-11(10,19)8-4-3-5-9(6-8)12(14,15)13(16,17)18/h3-6H,7,19H2,1-2H3. The van der Waals surface area contributed by atoms with Gasteiger partial charge in [0.1, 0.15) is 0 Å². The van der Waals surface area contributed by atoms with E-state index in [1.807, 2.05) is 13.8 Å². The number of hydrogen-bond donors (Lipinski definition) is 1. The summed E-state index contributed by atoms with van der Waals surface area (Å²) >= 11 is 0. The van der Waals surface area contributed by atoms with E-state index in [0.29, 0.717) is 12.0 Å². The predicted molar refractivity (Wildman–Crippen MR) is 60.7 cm³/mol. The van der Waals surface area contributed by atoms with Crippen molar-refractivity contribution in [2.45, 2.75) is 37.9 Å². The predicted octanol–water partition coefficient (Wildman–Crippen LogP) is 3.92. The smallest absolute Gasteiger partial charge is 0.321 e. The SMILES string of the molecule is CC1(C)CC1(N)c1cccc(C(F)(F)C(F)(F)F)c1. The molecule has 2 rings (SSSR count). The van der Waals surface area contributed by atoms with Crippen LogP contribution < -0.4 is 5.73 Å². The molecule has 6 heteroatoms. The van der Waals surface area contributed by atoms with Crippen molar-refractivity contribution in [2.75, 3.05) is 0 Å². The number of halogens is 5. The molecule has 1 unspecified atom stereocenters. The normalized spacial score (nSPS) is 26.3. The van der Waals surface area contributed by atoms with Gasteiger partial charge in [-0.3, -0.25) is 0 Å². The van der Waals surface area contributed by atoms with Crippen molar-refractivity contribution in [1.82, 2.24) is 0 Å². The van der Waals surface area contributed by atoms with Gasteiger partial charge in [-0.05, 0) is 23.5 Å². The second kappa shape index (κ2) is 3.69. The Bertz CT molecular complexity index is 506. The lowest BCUT2D eigenvalue weighted by atomic mass is 9.94. The minimum atomic E-state index is -5.60. The maximum absolute atomic E-state index is 13.3. The van der Waals surface area contributed by atoms with Crippen LogP contribution >= 0.6 is 0 Å². The molecular formula is C13H14F5N. The van der Waals surface area contributed by atoms with Crippen LogP contribution in [0.2, 0.25) is 0 Å². The number of benzene rings is 1. The van der Waals surface area contributed by atoms with Crippen molar-refractivity contribution in [2.24, 2.45) is 11.1 Å². The fourth-order valence-corrected chi connectivity index (χ4v) is 2.30. The first-order chi connectivity index (χ1) is 8.42. The molecular weight excluding hydrogens is 265 g/mol. The van der Waals surface area contributed by atoms with E-state index < -0.39 is 23.2 Å². The van der Waals surface area contributed by atoms with Gasteiger partial charge in [0, 0.05) is 11.1 Å². The number of rotatable bonds is 2. The summed E-state index contributed by atoms with van der Waals surface area (Å²) in [5.74, 6) is -4.86. The summed E-state index contributed by atoms with van der Waals surface area (Å²) in [6, 6.07) is 4.32. The minimum absolute atomic E-state index is 0.293. The van der Waals surface area contributed by atoms with Gasteiger partial charge in [-0.1, -0.05) is 32.0 Å². The highest BCUT2D eigenvalue weighted by atomic mass is 19.4. The summed E-state index contributed by atoms with van der Waals surface area (Å²) in [7, 11) is 0. The molecule has 0 aliphatic heterocycles. The summed E-state index contributed by atoms with van der Waals surface area (Å²) in [4.78, 5) is 0. The lowest BCUT2D eigenvalue weighted by Crippen LogP contribution is -2.34. The molecule has 1 aromatic carbocycles. The molecule has 1 nitrogen and oxygen atoms in total. The number of nitrogens with two attached hydrogens (primary N) is 1. The molecule has 0 bridgehead atoms. The van der Waals surface area contributed by atoms with Gasteiger partial charge in [0.15, 0.2) is 0 Å². The van der Waals surface area contributed by atoms with E-state index in [9.17, 15) is 22.0 Å². The average Bonchev–Trinajstić information content (AvgIpc) is 2.78. The maximum atomic E-state index is 13.3. The summed E-state index contributed by atoms with van der Waals surface area (Å²) in [5, 5.41) is 0. The summed E-state index contributed by atoms with van der Waals surface area (Å²) < 4.78 is 63.6. The molecule has 1 saturated carbocycles. The van der Waals surface area contributed by atoms with E-state index in [2.05, 4.69) is 0 Å². The van der Waals surface area contributed by atoms with Crippen molar-refractivity contribution < 1.29 is 22.0 Å². The van der Waals surface area contributed by atoms with E-state index >= 15 is 0 Å². The fourth-order valence-electron chi connectivity index (χ4n) is 2.30. The lowest BCUT2D eigenvalue weighted by molar-refractivity contribution is -0.289. The Morgan fingerprint density at radius 1 is 1.11 bits per heavy atom. The molecule has 2 N–H and O–H groups in total. The monoisotopic (exact) mass is 279 g/mol. The topological polar surface area (TPSA) is 26.0 Å². The third-order valence-corrected chi connectivity index (χ3v) is 3.90. The molecule has 0 heterocycles. The molecule has 0 aromatic heterocycles. The molecule has 0 amide bonds. The first-order valence-electron chi connectivity index (χ1n) is 5.76. The molecule has 1 fully saturated rings. The van der Waals surface area contributed by atoms with Crippen LogP contribution in [0.1, 0.15) is 31.4 Å².